The van der Waals surface area contributed by atoms with Crippen molar-refractivity contribution >= 4 is 34.1 Å². The molecule has 0 spiro atoms. The predicted molar refractivity (Wildman–Crippen MR) is 146 cm³/mol. The molecule has 3 aromatic rings. The van der Waals surface area contributed by atoms with Crippen molar-refractivity contribution in [3.63, 3.8) is 0 Å². The zero-order valence-electron chi connectivity index (χ0n) is 21.7. The second-order valence-electron chi connectivity index (χ2n) is 11.3. The molecule has 0 radical (unpaired) electrons. The number of amides is 1. The lowest BCUT2D eigenvalue weighted by Crippen LogP contribution is -2.30. The quantitative estimate of drug-likeness (QED) is 0.415. The van der Waals surface area contributed by atoms with Crippen molar-refractivity contribution in [3.8, 4) is 17.0 Å². The molecule has 2 aromatic carbocycles. The number of aromatic nitrogens is 1. The van der Waals surface area contributed by atoms with Gasteiger partial charge in [-0.25, -0.2) is 4.21 Å². The molecule has 1 aliphatic heterocycles. The number of methoxy groups -OCH3 is 1. The summed E-state index contributed by atoms with van der Waals surface area (Å²) < 4.78 is 22.8. The zero-order valence-corrected chi connectivity index (χ0v) is 22.5. The normalized spacial score (nSPS) is 23.5. The molecule has 1 N–H and O–H groups in total. The van der Waals surface area contributed by atoms with Crippen molar-refractivity contribution in [1.82, 2.24) is 9.29 Å². The molecule has 2 saturated carbocycles. The highest BCUT2D eigenvalue weighted by molar-refractivity contribution is 7.84. The standard InChI is InChI=1S/C30H34N2O4S/c1-18(2)37(35)31-29(34)20-9-11-23-26(13-20)32-16-30(17-33)15-25(30)24-14-21(36-3)10-12-22(24)28(32)27(23)19-7-5-4-6-8-19/h9-14,17-19,25H,4-8,15-16H2,1-3H3,(H,31,34). The van der Waals surface area contributed by atoms with Gasteiger partial charge in [-0.15, -0.1) is 0 Å². The van der Waals surface area contributed by atoms with Gasteiger partial charge in [0.1, 0.15) is 23.0 Å². The lowest BCUT2D eigenvalue weighted by Gasteiger charge is -2.24. The van der Waals surface area contributed by atoms with Crippen LogP contribution >= 0.6 is 0 Å². The molecule has 1 amide bonds. The second kappa shape index (κ2) is 9.12. The van der Waals surface area contributed by atoms with E-state index in [1.54, 1.807) is 7.11 Å². The molecule has 194 valence electrons. The number of hydrogen-bond acceptors (Lipinski definition) is 4. The highest BCUT2D eigenvalue weighted by atomic mass is 32.2. The van der Waals surface area contributed by atoms with Gasteiger partial charge < -0.3 is 14.1 Å². The van der Waals surface area contributed by atoms with E-state index in [4.69, 9.17) is 4.74 Å². The molecule has 2 aliphatic carbocycles. The van der Waals surface area contributed by atoms with Gasteiger partial charge in [0.15, 0.2) is 0 Å². The van der Waals surface area contributed by atoms with E-state index in [0.717, 1.165) is 42.2 Å². The highest BCUT2D eigenvalue weighted by Crippen LogP contribution is 2.64. The summed E-state index contributed by atoms with van der Waals surface area (Å²) in [4.78, 5) is 25.5. The number of fused-ring (bicyclic) bond motifs is 7. The molecule has 3 atom stereocenters. The maximum absolute atomic E-state index is 13.0. The fourth-order valence-electron chi connectivity index (χ4n) is 6.59. The van der Waals surface area contributed by atoms with Crippen LogP contribution in [0.15, 0.2) is 36.4 Å². The maximum Gasteiger partial charge on any atom is 0.263 e. The Kier molecular flexibility index (Phi) is 6.02. The van der Waals surface area contributed by atoms with Gasteiger partial charge in [-0.1, -0.05) is 25.3 Å². The third-order valence-corrected chi connectivity index (χ3v) is 9.94. The van der Waals surface area contributed by atoms with Gasteiger partial charge in [0, 0.05) is 33.8 Å². The molecule has 0 bridgehead atoms. The Labute approximate surface area is 220 Å². The van der Waals surface area contributed by atoms with Gasteiger partial charge in [0.25, 0.3) is 5.91 Å². The van der Waals surface area contributed by atoms with Crippen LogP contribution in [0.25, 0.3) is 22.2 Å². The van der Waals surface area contributed by atoms with Crippen LogP contribution in [0.4, 0.5) is 0 Å². The molecule has 3 unspecified atom stereocenters. The Balaban J connectivity index is 1.59. The number of rotatable bonds is 6. The number of hydrogen-bond donors (Lipinski definition) is 1. The largest absolute Gasteiger partial charge is 0.497 e. The fourth-order valence-corrected chi connectivity index (χ4v) is 7.13. The van der Waals surface area contributed by atoms with Gasteiger partial charge in [-0.2, -0.15) is 0 Å². The molecule has 3 aliphatic rings. The number of nitrogens with zero attached hydrogens (tertiary/aromatic N) is 1. The topological polar surface area (TPSA) is 77.4 Å². The van der Waals surface area contributed by atoms with Crippen LogP contribution in [-0.4, -0.2) is 33.3 Å². The lowest BCUT2D eigenvalue weighted by atomic mass is 9.81. The molecule has 1 aromatic heterocycles. The minimum Gasteiger partial charge on any atom is -0.497 e. The van der Waals surface area contributed by atoms with Crippen LogP contribution in [0.1, 0.15) is 85.7 Å². The zero-order chi connectivity index (χ0) is 25.9. The van der Waals surface area contributed by atoms with Crippen molar-refractivity contribution < 1.29 is 18.5 Å². The van der Waals surface area contributed by atoms with E-state index in [-0.39, 0.29) is 17.1 Å². The van der Waals surface area contributed by atoms with Crippen LogP contribution in [0, 0.1) is 5.41 Å². The van der Waals surface area contributed by atoms with Gasteiger partial charge >= 0.3 is 0 Å². The van der Waals surface area contributed by atoms with E-state index in [2.05, 4.69) is 27.5 Å². The first kappa shape index (κ1) is 24.4. The number of benzene rings is 2. The number of carbonyl (C=O) groups is 2. The Morgan fingerprint density at radius 3 is 2.65 bits per heavy atom. The molecular weight excluding hydrogens is 484 g/mol. The molecule has 6 nitrogen and oxygen atoms in total. The summed E-state index contributed by atoms with van der Waals surface area (Å²) in [7, 11) is 0.238. The van der Waals surface area contributed by atoms with E-state index < -0.39 is 16.4 Å². The van der Waals surface area contributed by atoms with E-state index in [0.29, 0.717) is 18.0 Å². The van der Waals surface area contributed by atoms with Crippen LogP contribution in [0.2, 0.25) is 0 Å². The predicted octanol–water partition coefficient (Wildman–Crippen LogP) is 5.85. The van der Waals surface area contributed by atoms with Gasteiger partial charge in [0.05, 0.1) is 18.2 Å². The molecule has 7 heteroatoms. The number of aldehydes is 1. The highest BCUT2D eigenvalue weighted by Gasteiger charge is 2.58. The number of nitrogens with one attached hydrogen (secondary N) is 1. The molecule has 0 saturated heterocycles. The van der Waals surface area contributed by atoms with E-state index in [9.17, 15) is 13.8 Å². The van der Waals surface area contributed by atoms with E-state index >= 15 is 0 Å². The summed E-state index contributed by atoms with van der Waals surface area (Å²) in [5.41, 5.74) is 5.93. The second-order valence-corrected chi connectivity index (χ2v) is 13.0. The summed E-state index contributed by atoms with van der Waals surface area (Å²) in [5.74, 6) is 1.09. The molecule has 37 heavy (non-hydrogen) atoms. The SMILES string of the molecule is COc1ccc2c(c1)C1CC1(C=O)Cn1c-2c(C2CCCCC2)c2ccc(C(=O)NS(=O)C(C)C)cc21. The monoisotopic (exact) mass is 518 g/mol. The first-order chi connectivity index (χ1) is 17.9. The smallest absolute Gasteiger partial charge is 0.263 e. The summed E-state index contributed by atoms with van der Waals surface area (Å²) in [6.45, 7) is 4.24. The first-order valence-corrected chi connectivity index (χ1v) is 14.6. The molecular formula is C30H34N2O4S. The van der Waals surface area contributed by atoms with Crippen molar-refractivity contribution in [2.75, 3.05) is 7.11 Å². The van der Waals surface area contributed by atoms with Crippen LogP contribution < -0.4 is 9.46 Å². The van der Waals surface area contributed by atoms with Crippen LogP contribution in [0.3, 0.4) is 0 Å². The number of carbonyl (C=O) groups excluding carboxylic acids is 2. The van der Waals surface area contributed by atoms with Crippen molar-refractivity contribution in [1.29, 1.82) is 0 Å². The van der Waals surface area contributed by atoms with Crippen molar-refractivity contribution in [3.05, 3.63) is 53.1 Å². The lowest BCUT2D eigenvalue weighted by molar-refractivity contribution is -0.112. The van der Waals surface area contributed by atoms with Gasteiger partial charge in [0.2, 0.25) is 0 Å². The third kappa shape index (κ3) is 3.94. The Bertz CT molecular complexity index is 1440. The average Bonchev–Trinajstić information content (AvgIpc) is 3.57. The number of ether oxygens (including phenoxy) is 1. The van der Waals surface area contributed by atoms with Crippen molar-refractivity contribution in [2.45, 2.75) is 76.0 Å². The van der Waals surface area contributed by atoms with Crippen LogP contribution in [-0.2, 0) is 22.3 Å². The molecule has 2 heterocycles. The third-order valence-electron chi connectivity index (χ3n) is 8.70. The van der Waals surface area contributed by atoms with Crippen LogP contribution in [0.5, 0.6) is 5.75 Å². The van der Waals surface area contributed by atoms with E-state index in [1.165, 1.54) is 41.6 Å². The van der Waals surface area contributed by atoms with Gasteiger partial charge in [-0.05, 0) is 86.4 Å². The molecule has 6 rings (SSSR count). The van der Waals surface area contributed by atoms with E-state index in [1.807, 2.05) is 32.0 Å². The summed E-state index contributed by atoms with van der Waals surface area (Å²) in [5, 5.41) is 0.994. The van der Waals surface area contributed by atoms with Crippen molar-refractivity contribution in [2.24, 2.45) is 5.41 Å². The fraction of sp³-hybridized carbons (Fsp3) is 0.467. The Morgan fingerprint density at radius 2 is 1.95 bits per heavy atom. The summed E-state index contributed by atoms with van der Waals surface area (Å²) in [6, 6.07) is 12.1. The molecule has 2 fully saturated rings. The minimum absolute atomic E-state index is 0.164. The Hall–Kier alpha value is -2.93. The minimum atomic E-state index is -1.44. The van der Waals surface area contributed by atoms with Gasteiger partial charge in [-0.3, -0.25) is 9.52 Å². The maximum atomic E-state index is 13.0. The summed E-state index contributed by atoms with van der Waals surface area (Å²) >= 11 is 0. The average molecular weight is 519 g/mol. The summed E-state index contributed by atoms with van der Waals surface area (Å²) in [6.07, 6.45) is 7.96. The Morgan fingerprint density at radius 1 is 1.16 bits per heavy atom. The first-order valence-electron chi connectivity index (χ1n) is 13.4.